The molecule has 0 aromatic heterocycles. The molecule has 0 aromatic carbocycles. The van der Waals surface area contributed by atoms with Crippen molar-refractivity contribution in [2.45, 2.75) is 0 Å². The van der Waals surface area contributed by atoms with E-state index in [0.717, 1.165) is 0 Å². The molecule has 0 saturated heterocycles. The minimum absolute atomic E-state index is 0. The van der Waals surface area contributed by atoms with Crippen molar-refractivity contribution in [2.75, 3.05) is 0 Å². The van der Waals surface area contributed by atoms with Crippen molar-refractivity contribution in [3.05, 3.63) is 0 Å². The summed E-state index contributed by atoms with van der Waals surface area (Å²) in [7, 11) is 0. The van der Waals surface area contributed by atoms with Crippen molar-refractivity contribution in [3.8, 4) is 0 Å². The molecule has 6 nitrogen and oxygen atoms in total. The first kappa shape index (κ1) is 31.9. The summed E-state index contributed by atoms with van der Waals surface area (Å²) in [6, 6.07) is 0. The van der Waals surface area contributed by atoms with E-state index >= 15 is 0 Å². The van der Waals surface area contributed by atoms with Gasteiger partial charge in [-0.15, -0.1) is 0 Å². The molecule has 0 bridgehead atoms. The minimum atomic E-state index is -5.75. The van der Waals surface area contributed by atoms with Crippen LogP contribution in [0.5, 0.6) is 0 Å². The van der Waals surface area contributed by atoms with Crippen LogP contribution in [-0.4, -0.2) is 11.0 Å². The Bertz CT molecular complexity index is 94.2. The number of hydrogen-bond donors (Lipinski definition) is 0. The van der Waals surface area contributed by atoms with E-state index < -0.39 is 13.6 Å². The summed E-state index contributed by atoms with van der Waals surface area (Å²) >= 11 is -5.75. The molecule has 0 aliphatic heterocycles. The fourth-order valence-electron chi connectivity index (χ4n) is 0. The Morgan fingerprint density at radius 3 is 0.889 bits per heavy atom. The largest absolute Gasteiger partial charge is 2.00 e. The van der Waals surface area contributed by atoms with E-state index in [1.165, 1.54) is 0 Å². The second-order valence-corrected chi connectivity index (χ2v) is 1.68. The maximum absolute atomic E-state index is 8.59. The quantitative estimate of drug-likeness (QED) is 0.414. The van der Waals surface area contributed by atoms with E-state index in [9.17, 15) is 0 Å². The van der Waals surface area contributed by atoms with Crippen molar-refractivity contribution < 1.29 is 79.4 Å². The molecule has 9 heavy (non-hydrogen) atoms. The van der Waals surface area contributed by atoms with Gasteiger partial charge in [-0.1, -0.05) is 0 Å². The summed E-state index contributed by atoms with van der Waals surface area (Å²) < 4.78 is 34.4. The van der Waals surface area contributed by atoms with Crippen LogP contribution in [0.25, 0.3) is 0 Å². The van der Waals surface area contributed by atoms with Gasteiger partial charge < -0.3 is 11.0 Å². The van der Waals surface area contributed by atoms with Crippen LogP contribution in [0.2, 0.25) is 0 Å². The topological polar surface area (TPSA) is 143 Å². The second kappa shape index (κ2) is 12.0. The van der Waals surface area contributed by atoms with E-state index in [-0.39, 0.29) is 49.9 Å². The van der Waals surface area contributed by atoms with Crippen molar-refractivity contribution in [3.63, 3.8) is 0 Å². The molecule has 0 unspecified atom stereocenters. The van der Waals surface area contributed by atoms with E-state index in [1.807, 2.05) is 0 Å². The van der Waals surface area contributed by atoms with Crippen LogP contribution in [0, 0.1) is 0 Å². The maximum atomic E-state index is 8.59. The van der Waals surface area contributed by atoms with Crippen molar-refractivity contribution in [1.82, 2.24) is 0 Å². The molecule has 9 heteroatoms. The molecule has 4 N–H and O–H groups in total. The van der Waals surface area contributed by atoms with Gasteiger partial charge in [0.15, 0.2) is 0 Å². The molecule has 0 fully saturated rings. The Balaban J connectivity index is -0.0000000133. The van der Waals surface area contributed by atoms with Crippen LogP contribution in [0.4, 0.5) is 0 Å². The number of hydrogen-bond acceptors (Lipinski definition) is 4. The summed E-state index contributed by atoms with van der Waals surface area (Å²) in [5.74, 6) is 0. The van der Waals surface area contributed by atoms with Crippen LogP contribution in [-0.2, 0) is 60.2 Å². The monoisotopic (exact) mass is 280 g/mol. The first-order valence-corrected chi connectivity index (χ1v) is 2.75. The summed E-state index contributed by atoms with van der Waals surface area (Å²) in [6.07, 6.45) is 0. The van der Waals surface area contributed by atoms with Crippen molar-refractivity contribution >= 4 is 0 Å². The zero-order valence-corrected chi connectivity index (χ0v) is 11.7. The summed E-state index contributed by atoms with van der Waals surface area (Å²) in [6.45, 7) is 0. The van der Waals surface area contributed by atoms with Crippen LogP contribution >= 0.6 is 0 Å². The summed E-state index contributed by atoms with van der Waals surface area (Å²) in [4.78, 5) is 0. The van der Waals surface area contributed by atoms with Gasteiger partial charge in [-0.2, -0.15) is 0 Å². The number of rotatable bonds is 0. The van der Waals surface area contributed by atoms with Crippen molar-refractivity contribution in [1.29, 1.82) is 0 Å². The summed E-state index contributed by atoms with van der Waals surface area (Å²) in [5.41, 5.74) is 0. The Kier molecular flexibility index (Phi) is 42.3. The first-order valence-electron chi connectivity index (χ1n) is 0.667. The van der Waals surface area contributed by atoms with Gasteiger partial charge in [0.05, 0.1) is 0 Å². The van der Waals surface area contributed by atoms with Crippen molar-refractivity contribution in [2.24, 2.45) is 0 Å². The van der Waals surface area contributed by atoms with Crippen LogP contribution in [0.3, 0.4) is 0 Å². The summed E-state index contributed by atoms with van der Waals surface area (Å²) in [5, 5.41) is 0. The molecule has 0 amide bonds. The molecular weight excluding hydrogens is 279 g/mol. The molecule has 0 saturated carbocycles. The fourth-order valence-corrected chi connectivity index (χ4v) is 0. The van der Waals surface area contributed by atoms with E-state index in [4.69, 9.17) is 15.9 Å². The van der Waals surface area contributed by atoms with Gasteiger partial charge in [0.25, 0.3) is 0 Å². The van der Waals surface area contributed by atoms with Gasteiger partial charge in [-0.05, 0) is 0 Å². The molecule has 0 radical (unpaired) electrons. The first-order chi connectivity index (χ1) is 2.00. The van der Waals surface area contributed by atoms with Gasteiger partial charge in [0.2, 0.25) is 0 Å². The van der Waals surface area contributed by atoms with Crippen LogP contribution in [0.1, 0.15) is 0 Å². The Morgan fingerprint density at radius 2 is 0.889 bits per heavy atom. The molecule has 48 valence electrons. The molecule has 0 aliphatic rings. The van der Waals surface area contributed by atoms with Gasteiger partial charge in [-0.25, -0.2) is 0 Å². The third kappa shape index (κ3) is 323. The molecule has 0 atom stereocenters. The smallest absolute Gasteiger partial charge is 2.00 e. The maximum Gasteiger partial charge on any atom is 2.00 e. The third-order valence-corrected chi connectivity index (χ3v) is 0. The predicted molar refractivity (Wildman–Crippen MR) is 8.60 cm³/mol. The Morgan fingerprint density at radius 1 is 0.889 bits per heavy atom. The van der Waals surface area contributed by atoms with E-state index in [1.54, 1.807) is 0 Å². The van der Waals surface area contributed by atoms with Gasteiger partial charge in [0, 0.05) is 0 Å². The van der Waals surface area contributed by atoms with Crippen LogP contribution < -0.4 is 8.32 Å². The zero-order valence-electron chi connectivity index (χ0n) is 4.46. The second-order valence-electron chi connectivity index (χ2n) is 0.408. The molecular formula is H4CrO6Zn2+2. The third-order valence-electron chi connectivity index (χ3n) is 0. The fraction of sp³-hybridized carbons (Fsp3) is 0. The average Bonchev–Trinajstić information content (AvgIpc) is 0.722. The standard InChI is InChI=1S/Cr.2H2O.4O.2Zn/h;2*1H2;;;;;;/q;;;;;2*-1;2*+2. The van der Waals surface area contributed by atoms with Gasteiger partial charge >= 0.3 is 68.5 Å². The molecule has 0 aromatic rings. The Hall–Kier alpha value is 1.22. The van der Waals surface area contributed by atoms with E-state index in [0.29, 0.717) is 0 Å². The Labute approximate surface area is 79.2 Å². The van der Waals surface area contributed by atoms with Crippen LogP contribution in [0.15, 0.2) is 0 Å². The average molecular weight is 283 g/mol. The molecule has 0 heterocycles. The van der Waals surface area contributed by atoms with E-state index in [2.05, 4.69) is 0 Å². The SMILES string of the molecule is O.O.[O]=[Cr](=[O])([O-])[O-].[Zn+2].[Zn+2]. The zero-order chi connectivity index (χ0) is 4.50. The normalized spacial score (nSPS) is 6.44. The minimum Gasteiger partial charge on any atom is 2.00 e. The molecule has 0 spiro atoms. The van der Waals surface area contributed by atoms with Gasteiger partial charge in [-0.3, -0.25) is 0 Å². The molecule has 0 rings (SSSR count). The predicted octanol–water partition coefficient (Wildman–Crippen LogP) is -4.27. The van der Waals surface area contributed by atoms with Gasteiger partial charge in [0.1, 0.15) is 0 Å². The molecule has 0 aliphatic carbocycles.